The molecule has 0 spiro atoms. The Morgan fingerprint density at radius 3 is 2.74 bits per heavy atom. The molecule has 0 fully saturated rings. The molecule has 2 aromatic rings. The second-order valence-corrected chi connectivity index (χ2v) is 3.81. The first-order chi connectivity index (χ1) is 9.04. The van der Waals surface area contributed by atoms with Gasteiger partial charge in [0.1, 0.15) is 11.5 Å². The van der Waals surface area contributed by atoms with E-state index in [2.05, 4.69) is 20.7 Å². The van der Waals surface area contributed by atoms with Gasteiger partial charge in [0.25, 0.3) is 5.91 Å². The number of amidine groups is 1. The number of carbonyl (C=O) groups excluding carboxylic acids is 1. The fourth-order valence-electron chi connectivity index (χ4n) is 1.60. The van der Waals surface area contributed by atoms with Gasteiger partial charge in [-0.2, -0.15) is 10.2 Å². The van der Waals surface area contributed by atoms with Crippen molar-refractivity contribution in [1.29, 1.82) is 0 Å². The standard InChI is InChI=1S/C10H13N7O2/c1-16-7(3-4-12-16)10(18)14-9-6(8(11)15-19)5-13-17(9)2/h3-5,19H,1-2H3,(H2,11,15)(H,14,18). The number of nitrogens with zero attached hydrogens (tertiary/aromatic N) is 5. The molecule has 2 aromatic heterocycles. The fraction of sp³-hybridized carbons (Fsp3) is 0.200. The molecule has 19 heavy (non-hydrogen) atoms. The van der Waals surface area contributed by atoms with Crippen molar-refractivity contribution in [2.45, 2.75) is 0 Å². The molecule has 0 saturated carbocycles. The van der Waals surface area contributed by atoms with Crippen molar-refractivity contribution in [3.8, 4) is 0 Å². The molecule has 0 bridgehead atoms. The number of nitrogens with two attached hydrogens (primary N) is 1. The van der Waals surface area contributed by atoms with Crippen molar-refractivity contribution in [2.75, 3.05) is 5.32 Å². The number of aryl methyl sites for hydroxylation is 2. The highest BCUT2D eigenvalue weighted by Gasteiger charge is 2.17. The number of anilines is 1. The number of nitrogens with one attached hydrogen (secondary N) is 1. The summed E-state index contributed by atoms with van der Waals surface area (Å²) in [5.41, 5.74) is 6.23. The maximum absolute atomic E-state index is 12.1. The molecule has 0 atom stereocenters. The van der Waals surface area contributed by atoms with Crippen molar-refractivity contribution in [2.24, 2.45) is 25.0 Å². The van der Waals surface area contributed by atoms with Gasteiger partial charge in [-0.1, -0.05) is 5.16 Å². The number of rotatable bonds is 3. The molecule has 0 radical (unpaired) electrons. The molecule has 100 valence electrons. The molecule has 0 unspecified atom stereocenters. The lowest BCUT2D eigenvalue weighted by atomic mass is 10.3. The smallest absolute Gasteiger partial charge is 0.275 e. The highest BCUT2D eigenvalue weighted by Crippen LogP contribution is 2.14. The highest BCUT2D eigenvalue weighted by atomic mass is 16.4. The van der Waals surface area contributed by atoms with E-state index in [0.29, 0.717) is 17.1 Å². The molecule has 0 aliphatic carbocycles. The van der Waals surface area contributed by atoms with Gasteiger partial charge in [0, 0.05) is 20.3 Å². The third-order valence-electron chi connectivity index (χ3n) is 2.61. The first-order valence-corrected chi connectivity index (χ1v) is 5.34. The predicted molar refractivity (Wildman–Crippen MR) is 66.9 cm³/mol. The van der Waals surface area contributed by atoms with E-state index in [9.17, 15) is 4.79 Å². The summed E-state index contributed by atoms with van der Waals surface area (Å²) in [7, 11) is 3.29. The Morgan fingerprint density at radius 1 is 1.42 bits per heavy atom. The van der Waals surface area contributed by atoms with Crippen LogP contribution in [0.3, 0.4) is 0 Å². The second-order valence-electron chi connectivity index (χ2n) is 3.81. The summed E-state index contributed by atoms with van der Waals surface area (Å²) in [5, 5.41) is 22.1. The quantitative estimate of drug-likeness (QED) is 0.298. The van der Waals surface area contributed by atoms with E-state index < -0.39 is 0 Å². The van der Waals surface area contributed by atoms with Gasteiger partial charge in [-0.25, -0.2) is 0 Å². The monoisotopic (exact) mass is 263 g/mol. The maximum atomic E-state index is 12.1. The van der Waals surface area contributed by atoms with Crippen LogP contribution >= 0.6 is 0 Å². The molecular weight excluding hydrogens is 250 g/mol. The van der Waals surface area contributed by atoms with Crippen LogP contribution in [-0.4, -0.2) is 36.5 Å². The molecule has 9 nitrogen and oxygen atoms in total. The Hall–Kier alpha value is -2.84. The van der Waals surface area contributed by atoms with Crippen LogP contribution in [0.15, 0.2) is 23.6 Å². The Bertz CT molecular complexity index is 640. The summed E-state index contributed by atoms with van der Waals surface area (Å²) in [6.07, 6.45) is 2.91. The van der Waals surface area contributed by atoms with Gasteiger partial charge in [0.2, 0.25) is 0 Å². The molecule has 0 saturated heterocycles. The fourth-order valence-corrected chi connectivity index (χ4v) is 1.60. The van der Waals surface area contributed by atoms with Crippen molar-refractivity contribution in [3.63, 3.8) is 0 Å². The average molecular weight is 263 g/mol. The van der Waals surface area contributed by atoms with E-state index in [0.717, 1.165) is 0 Å². The zero-order chi connectivity index (χ0) is 14.0. The minimum Gasteiger partial charge on any atom is -0.409 e. The highest BCUT2D eigenvalue weighted by molar-refractivity contribution is 6.08. The number of carbonyl (C=O) groups is 1. The SMILES string of the molecule is Cn1nccc1C(=O)Nc1c(C(N)=NO)cnn1C. The van der Waals surface area contributed by atoms with Gasteiger partial charge in [-0.3, -0.25) is 14.2 Å². The van der Waals surface area contributed by atoms with E-state index in [1.807, 2.05) is 0 Å². The van der Waals surface area contributed by atoms with E-state index in [4.69, 9.17) is 10.9 Å². The summed E-state index contributed by atoms with van der Waals surface area (Å²) in [6, 6.07) is 1.58. The number of hydrogen-bond donors (Lipinski definition) is 3. The second kappa shape index (κ2) is 4.80. The lowest BCUT2D eigenvalue weighted by Gasteiger charge is -2.07. The zero-order valence-electron chi connectivity index (χ0n) is 10.4. The number of hydrogen-bond acceptors (Lipinski definition) is 5. The molecule has 0 aromatic carbocycles. The summed E-state index contributed by atoms with van der Waals surface area (Å²) >= 11 is 0. The summed E-state index contributed by atoms with van der Waals surface area (Å²) in [5.74, 6) is -0.162. The Kier molecular flexibility index (Phi) is 3.19. The van der Waals surface area contributed by atoms with Gasteiger partial charge in [0.15, 0.2) is 5.84 Å². The van der Waals surface area contributed by atoms with Crippen LogP contribution in [0.25, 0.3) is 0 Å². The Balaban J connectivity index is 2.32. The minimum atomic E-state index is -0.365. The molecule has 0 aliphatic heterocycles. The summed E-state index contributed by atoms with van der Waals surface area (Å²) < 4.78 is 2.86. The van der Waals surface area contributed by atoms with Gasteiger partial charge in [-0.15, -0.1) is 0 Å². The normalized spacial score (nSPS) is 11.6. The van der Waals surface area contributed by atoms with Gasteiger partial charge in [-0.05, 0) is 6.07 Å². The Morgan fingerprint density at radius 2 is 2.16 bits per heavy atom. The predicted octanol–water partition coefficient (Wildman–Crippen LogP) is -0.500. The number of aromatic nitrogens is 4. The average Bonchev–Trinajstić information content (AvgIpc) is 2.96. The minimum absolute atomic E-state index is 0.131. The third-order valence-corrected chi connectivity index (χ3v) is 2.61. The topological polar surface area (TPSA) is 123 Å². The van der Waals surface area contributed by atoms with E-state index in [1.54, 1.807) is 20.2 Å². The van der Waals surface area contributed by atoms with Crippen LogP contribution in [0.1, 0.15) is 16.1 Å². The van der Waals surface area contributed by atoms with E-state index in [1.165, 1.54) is 21.8 Å². The van der Waals surface area contributed by atoms with Gasteiger partial charge >= 0.3 is 0 Å². The lowest BCUT2D eigenvalue weighted by molar-refractivity contribution is 0.101. The lowest BCUT2D eigenvalue weighted by Crippen LogP contribution is -2.21. The van der Waals surface area contributed by atoms with E-state index >= 15 is 0 Å². The number of amides is 1. The van der Waals surface area contributed by atoms with Crippen LogP contribution in [-0.2, 0) is 14.1 Å². The van der Waals surface area contributed by atoms with Crippen LogP contribution in [0, 0.1) is 0 Å². The van der Waals surface area contributed by atoms with Crippen molar-refractivity contribution < 1.29 is 10.0 Å². The molecule has 1 amide bonds. The van der Waals surface area contributed by atoms with Crippen LogP contribution < -0.4 is 11.1 Å². The molecule has 4 N–H and O–H groups in total. The molecule has 2 heterocycles. The molecule has 9 heteroatoms. The van der Waals surface area contributed by atoms with Gasteiger partial charge < -0.3 is 16.3 Å². The van der Waals surface area contributed by atoms with Crippen LogP contribution in [0.5, 0.6) is 0 Å². The number of oxime groups is 1. The largest absolute Gasteiger partial charge is 0.409 e. The van der Waals surface area contributed by atoms with Gasteiger partial charge in [0.05, 0.1) is 11.8 Å². The Labute approximate surface area is 108 Å². The van der Waals surface area contributed by atoms with Crippen molar-refractivity contribution in [3.05, 3.63) is 29.7 Å². The van der Waals surface area contributed by atoms with Crippen LogP contribution in [0.2, 0.25) is 0 Å². The molecule has 0 aliphatic rings. The van der Waals surface area contributed by atoms with Crippen molar-refractivity contribution in [1.82, 2.24) is 19.6 Å². The van der Waals surface area contributed by atoms with Crippen LogP contribution in [0.4, 0.5) is 5.82 Å². The molecular formula is C10H13N7O2. The van der Waals surface area contributed by atoms with E-state index in [-0.39, 0.29) is 11.7 Å². The first-order valence-electron chi connectivity index (χ1n) is 5.34. The van der Waals surface area contributed by atoms with Crippen molar-refractivity contribution >= 4 is 17.6 Å². The summed E-state index contributed by atoms with van der Waals surface area (Å²) in [6.45, 7) is 0. The first kappa shape index (κ1) is 12.6. The molecule has 2 rings (SSSR count). The third kappa shape index (κ3) is 2.25. The maximum Gasteiger partial charge on any atom is 0.275 e. The summed E-state index contributed by atoms with van der Waals surface area (Å²) in [4.78, 5) is 12.1. The zero-order valence-corrected chi connectivity index (χ0v) is 10.4.